The summed E-state index contributed by atoms with van der Waals surface area (Å²) in [5.41, 5.74) is 0.465. The number of rotatable bonds is 6. The van der Waals surface area contributed by atoms with Crippen molar-refractivity contribution in [2.45, 2.75) is 32.6 Å². The van der Waals surface area contributed by atoms with Crippen LogP contribution in [0.25, 0.3) is 0 Å². The molecule has 3 heteroatoms. The third-order valence-corrected chi connectivity index (χ3v) is 3.14. The summed E-state index contributed by atoms with van der Waals surface area (Å²) in [7, 11) is 0. The minimum absolute atomic E-state index is 0.283. The summed E-state index contributed by atoms with van der Waals surface area (Å²) in [6, 6.07) is 0. The van der Waals surface area contributed by atoms with Crippen LogP contribution in [0.2, 0.25) is 0 Å². The zero-order valence-electron chi connectivity index (χ0n) is 10.6. The van der Waals surface area contributed by atoms with E-state index in [1.807, 2.05) is 0 Å². The molecular formula is C14H22O3. The van der Waals surface area contributed by atoms with E-state index in [9.17, 15) is 4.79 Å². The summed E-state index contributed by atoms with van der Waals surface area (Å²) >= 11 is 0. The second-order valence-corrected chi connectivity index (χ2v) is 4.78. The first kappa shape index (κ1) is 13.8. The molecule has 0 saturated heterocycles. The molecule has 0 amide bonds. The van der Waals surface area contributed by atoms with Gasteiger partial charge in [-0.3, -0.25) is 0 Å². The highest BCUT2D eigenvalue weighted by molar-refractivity contribution is 5.86. The number of hydrogen-bond acceptors (Lipinski definition) is 3. The SMILES string of the molecule is C=COCC1CCCC(COC(=O)C(=C)C)C1. The summed E-state index contributed by atoms with van der Waals surface area (Å²) in [6.45, 7) is 10.0. The van der Waals surface area contributed by atoms with E-state index in [-0.39, 0.29) is 5.97 Å². The van der Waals surface area contributed by atoms with Crippen molar-refractivity contribution in [3.63, 3.8) is 0 Å². The topological polar surface area (TPSA) is 35.5 Å². The summed E-state index contributed by atoms with van der Waals surface area (Å²) in [6.07, 6.45) is 6.06. The zero-order chi connectivity index (χ0) is 12.7. The molecule has 0 aromatic rings. The third kappa shape index (κ3) is 5.07. The lowest BCUT2D eigenvalue weighted by Crippen LogP contribution is -2.23. The molecule has 1 saturated carbocycles. The molecule has 1 fully saturated rings. The van der Waals surface area contributed by atoms with Crippen LogP contribution in [0.1, 0.15) is 32.6 Å². The Bertz CT molecular complexity index is 283. The standard InChI is InChI=1S/C14H22O3/c1-4-16-9-12-6-5-7-13(8-12)10-17-14(15)11(2)3/h4,12-13H,1-2,5-10H2,3H3. The van der Waals surface area contributed by atoms with Gasteiger partial charge in [0.1, 0.15) is 0 Å². The summed E-state index contributed by atoms with van der Waals surface area (Å²) in [5.74, 6) is 0.746. The van der Waals surface area contributed by atoms with Crippen LogP contribution in [-0.2, 0) is 14.3 Å². The van der Waals surface area contributed by atoms with Gasteiger partial charge in [0, 0.05) is 5.57 Å². The maximum atomic E-state index is 11.3. The average Bonchev–Trinajstić information content (AvgIpc) is 2.33. The van der Waals surface area contributed by atoms with E-state index in [1.165, 1.54) is 19.1 Å². The van der Waals surface area contributed by atoms with Gasteiger partial charge in [-0.15, -0.1) is 0 Å². The van der Waals surface area contributed by atoms with E-state index < -0.39 is 0 Å². The van der Waals surface area contributed by atoms with Crippen molar-refractivity contribution in [2.75, 3.05) is 13.2 Å². The number of hydrogen-bond donors (Lipinski definition) is 0. The van der Waals surface area contributed by atoms with Gasteiger partial charge in [0.05, 0.1) is 19.5 Å². The molecule has 2 atom stereocenters. The summed E-state index contributed by atoms with van der Waals surface area (Å²) in [5, 5.41) is 0. The number of ether oxygens (including phenoxy) is 2. The van der Waals surface area contributed by atoms with Crippen molar-refractivity contribution in [1.29, 1.82) is 0 Å². The van der Waals surface area contributed by atoms with Crippen molar-refractivity contribution in [1.82, 2.24) is 0 Å². The molecule has 2 unspecified atom stereocenters. The van der Waals surface area contributed by atoms with E-state index in [2.05, 4.69) is 13.2 Å². The molecule has 0 aromatic heterocycles. The molecule has 0 N–H and O–H groups in total. The van der Waals surface area contributed by atoms with Crippen LogP contribution in [0.4, 0.5) is 0 Å². The fourth-order valence-electron chi connectivity index (χ4n) is 2.23. The Labute approximate surface area is 103 Å². The summed E-state index contributed by atoms with van der Waals surface area (Å²) in [4.78, 5) is 11.3. The molecule has 17 heavy (non-hydrogen) atoms. The molecule has 0 heterocycles. The summed E-state index contributed by atoms with van der Waals surface area (Å²) < 4.78 is 10.4. The van der Waals surface area contributed by atoms with Crippen LogP contribution < -0.4 is 0 Å². The van der Waals surface area contributed by atoms with E-state index >= 15 is 0 Å². The molecule has 0 spiro atoms. The Hall–Kier alpha value is -1.25. The number of esters is 1. The Morgan fingerprint density at radius 3 is 2.59 bits per heavy atom. The smallest absolute Gasteiger partial charge is 0.333 e. The van der Waals surface area contributed by atoms with Crippen molar-refractivity contribution >= 4 is 5.97 Å². The molecule has 0 bridgehead atoms. The Morgan fingerprint density at radius 2 is 2.00 bits per heavy atom. The zero-order valence-corrected chi connectivity index (χ0v) is 10.6. The minimum atomic E-state index is -0.283. The van der Waals surface area contributed by atoms with Crippen LogP contribution in [-0.4, -0.2) is 19.2 Å². The van der Waals surface area contributed by atoms with Gasteiger partial charge in [-0.25, -0.2) is 4.79 Å². The Balaban J connectivity index is 2.27. The quantitative estimate of drug-likeness (QED) is 0.405. The molecule has 0 radical (unpaired) electrons. The van der Waals surface area contributed by atoms with E-state index in [4.69, 9.17) is 9.47 Å². The monoisotopic (exact) mass is 238 g/mol. The van der Waals surface area contributed by atoms with Crippen LogP contribution >= 0.6 is 0 Å². The molecule has 96 valence electrons. The first-order chi connectivity index (χ1) is 8.13. The van der Waals surface area contributed by atoms with Crippen molar-refractivity contribution in [2.24, 2.45) is 11.8 Å². The molecule has 3 nitrogen and oxygen atoms in total. The van der Waals surface area contributed by atoms with Gasteiger partial charge < -0.3 is 9.47 Å². The highest BCUT2D eigenvalue weighted by Crippen LogP contribution is 2.29. The van der Waals surface area contributed by atoms with Crippen molar-refractivity contribution in [3.8, 4) is 0 Å². The number of carbonyl (C=O) groups excluding carboxylic acids is 1. The maximum Gasteiger partial charge on any atom is 0.333 e. The van der Waals surface area contributed by atoms with Gasteiger partial charge in [-0.1, -0.05) is 19.6 Å². The van der Waals surface area contributed by atoms with E-state index in [0.717, 1.165) is 19.4 Å². The van der Waals surface area contributed by atoms with Gasteiger partial charge in [-0.05, 0) is 38.0 Å². The lowest BCUT2D eigenvalue weighted by molar-refractivity contribution is -0.140. The second kappa shape index (κ2) is 7.15. The third-order valence-electron chi connectivity index (χ3n) is 3.14. The Kier molecular flexibility index (Phi) is 5.81. The largest absolute Gasteiger partial charge is 0.502 e. The van der Waals surface area contributed by atoms with E-state index in [0.29, 0.717) is 24.0 Å². The van der Waals surface area contributed by atoms with Crippen molar-refractivity contribution < 1.29 is 14.3 Å². The maximum absolute atomic E-state index is 11.3. The lowest BCUT2D eigenvalue weighted by atomic mass is 9.82. The van der Waals surface area contributed by atoms with Crippen LogP contribution in [0.5, 0.6) is 0 Å². The molecule has 0 aromatic carbocycles. The lowest BCUT2D eigenvalue weighted by Gasteiger charge is -2.28. The van der Waals surface area contributed by atoms with Crippen LogP contribution in [0, 0.1) is 11.8 Å². The average molecular weight is 238 g/mol. The van der Waals surface area contributed by atoms with Crippen molar-refractivity contribution in [3.05, 3.63) is 25.0 Å². The van der Waals surface area contributed by atoms with Gasteiger partial charge >= 0.3 is 5.97 Å². The minimum Gasteiger partial charge on any atom is -0.502 e. The normalized spacial score (nSPS) is 23.8. The van der Waals surface area contributed by atoms with Gasteiger partial charge in [0.15, 0.2) is 0 Å². The van der Waals surface area contributed by atoms with Crippen LogP contribution in [0.15, 0.2) is 25.0 Å². The molecule has 1 aliphatic rings. The second-order valence-electron chi connectivity index (χ2n) is 4.78. The fourth-order valence-corrected chi connectivity index (χ4v) is 2.23. The number of carbonyl (C=O) groups is 1. The predicted octanol–water partition coefficient (Wildman–Crippen LogP) is 3.07. The van der Waals surface area contributed by atoms with E-state index in [1.54, 1.807) is 6.92 Å². The van der Waals surface area contributed by atoms with Crippen LogP contribution in [0.3, 0.4) is 0 Å². The molecule has 1 rings (SSSR count). The molecular weight excluding hydrogens is 216 g/mol. The first-order valence-electron chi connectivity index (χ1n) is 6.18. The highest BCUT2D eigenvalue weighted by atomic mass is 16.5. The molecule has 1 aliphatic carbocycles. The first-order valence-corrected chi connectivity index (χ1v) is 6.18. The van der Waals surface area contributed by atoms with Gasteiger partial charge in [0.2, 0.25) is 0 Å². The highest BCUT2D eigenvalue weighted by Gasteiger charge is 2.23. The van der Waals surface area contributed by atoms with Gasteiger partial charge in [0.25, 0.3) is 0 Å². The van der Waals surface area contributed by atoms with Gasteiger partial charge in [-0.2, -0.15) is 0 Å². The molecule has 0 aliphatic heterocycles. The Morgan fingerprint density at radius 1 is 1.35 bits per heavy atom. The fraction of sp³-hybridized carbons (Fsp3) is 0.643. The predicted molar refractivity (Wildman–Crippen MR) is 67.4 cm³/mol.